The second-order valence-corrected chi connectivity index (χ2v) is 6.23. The topological polar surface area (TPSA) is 79.1 Å². The second kappa shape index (κ2) is 6.55. The Balaban J connectivity index is 2.00. The first-order valence-corrected chi connectivity index (χ1v) is 8.33. The van der Waals surface area contributed by atoms with Gasteiger partial charge in [0.2, 0.25) is 5.95 Å². The highest BCUT2D eigenvalue weighted by atomic mass is 32.1. The molecule has 21 heavy (non-hydrogen) atoms. The lowest BCUT2D eigenvalue weighted by Gasteiger charge is -2.27. The predicted molar refractivity (Wildman–Crippen MR) is 89.4 cm³/mol. The number of hydrogen-bond acceptors (Lipinski definition) is 7. The van der Waals surface area contributed by atoms with E-state index >= 15 is 0 Å². The normalized spacial score (nSPS) is 15.6. The number of nitrogens with zero attached hydrogens (tertiary/aromatic N) is 3. The molecule has 6 nitrogen and oxygen atoms in total. The van der Waals surface area contributed by atoms with E-state index in [0.29, 0.717) is 6.54 Å². The third-order valence-corrected chi connectivity index (χ3v) is 4.79. The Morgan fingerprint density at radius 1 is 1.38 bits per heavy atom. The standard InChI is InChI=1S/C14H22N6S/c1-2-10-9-11-12(17-4-3-15)18-14(19-13(11)21-10)20-7-5-16-6-8-20/h9,16H,2-8,15H2,1H3,(H,17,18,19). The van der Waals surface area contributed by atoms with E-state index in [0.717, 1.165) is 61.1 Å². The van der Waals surface area contributed by atoms with Gasteiger partial charge in [0, 0.05) is 44.1 Å². The van der Waals surface area contributed by atoms with Crippen molar-refractivity contribution < 1.29 is 0 Å². The number of aryl methyl sites for hydroxylation is 1. The molecule has 4 N–H and O–H groups in total. The fourth-order valence-corrected chi connectivity index (χ4v) is 3.43. The van der Waals surface area contributed by atoms with E-state index in [4.69, 9.17) is 15.7 Å². The quantitative estimate of drug-likeness (QED) is 0.766. The van der Waals surface area contributed by atoms with Crippen LogP contribution in [0.1, 0.15) is 11.8 Å². The Kier molecular flexibility index (Phi) is 4.52. The molecule has 1 fully saturated rings. The Bertz CT molecular complexity index is 605. The smallest absolute Gasteiger partial charge is 0.228 e. The van der Waals surface area contributed by atoms with Gasteiger partial charge < -0.3 is 21.3 Å². The Labute approximate surface area is 128 Å². The maximum absolute atomic E-state index is 5.61. The molecule has 0 spiro atoms. The molecule has 2 aromatic rings. The Morgan fingerprint density at radius 2 is 2.19 bits per heavy atom. The van der Waals surface area contributed by atoms with Crippen LogP contribution in [-0.4, -0.2) is 49.2 Å². The van der Waals surface area contributed by atoms with Crippen LogP contribution in [0.2, 0.25) is 0 Å². The summed E-state index contributed by atoms with van der Waals surface area (Å²) in [5.74, 6) is 1.74. The molecule has 114 valence electrons. The number of nitrogens with two attached hydrogens (primary N) is 1. The van der Waals surface area contributed by atoms with Gasteiger partial charge in [-0.3, -0.25) is 0 Å². The minimum Gasteiger partial charge on any atom is -0.368 e. The van der Waals surface area contributed by atoms with Crippen molar-refractivity contribution in [3.8, 4) is 0 Å². The van der Waals surface area contributed by atoms with Gasteiger partial charge in [-0.2, -0.15) is 4.98 Å². The van der Waals surface area contributed by atoms with Crippen LogP contribution in [0, 0.1) is 0 Å². The van der Waals surface area contributed by atoms with Crippen LogP contribution in [0.25, 0.3) is 10.2 Å². The molecule has 1 aliphatic heterocycles. The van der Waals surface area contributed by atoms with E-state index < -0.39 is 0 Å². The number of rotatable bonds is 5. The largest absolute Gasteiger partial charge is 0.368 e. The average molecular weight is 306 g/mol. The fraction of sp³-hybridized carbons (Fsp3) is 0.571. The fourth-order valence-electron chi connectivity index (χ4n) is 2.47. The number of thiophene rings is 1. The molecule has 7 heteroatoms. The molecular formula is C14H22N6S. The number of hydrogen-bond donors (Lipinski definition) is 3. The summed E-state index contributed by atoms with van der Waals surface area (Å²) in [4.78, 5) is 14.2. The Morgan fingerprint density at radius 3 is 2.90 bits per heavy atom. The highest BCUT2D eigenvalue weighted by Crippen LogP contribution is 2.31. The van der Waals surface area contributed by atoms with Crippen molar-refractivity contribution >= 4 is 33.3 Å². The summed E-state index contributed by atoms with van der Waals surface area (Å²) >= 11 is 1.76. The van der Waals surface area contributed by atoms with Crippen LogP contribution >= 0.6 is 11.3 Å². The highest BCUT2D eigenvalue weighted by Gasteiger charge is 2.17. The van der Waals surface area contributed by atoms with E-state index in [9.17, 15) is 0 Å². The number of nitrogens with one attached hydrogen (secondary N) is 2. The van der Waals surface area contributed by atoms with Gasteiger partial charge in [0.25, 0.3) is 0 Å². The lowest BCUT2D eigenvalue weighted by Crippen LogP contribution is -2.44. The lowest BCUT2D eigenvalue weighted by molar-refractivity contribution is 0.581. The SMILES string of the molecule is CCc1cc2c(NCCN)nc(N3CCNCC3)nc2s1. The first-order valence-electron chi connectivity index (χ1n) is 7.52. The molecule has 0 radical (unpaired) electrons. The summed E-state index contributed by atoms with van der Waals surface area (Å²) < 4.78 is 0. The number of piperazine rings is 1. The van der Waals surface area contributed by atoms with Crippen molar-refractivity contribution in [3.05, 3.63) is 10.9 Å². The molecule has 0 bridgehead atoms. The lowest BCUT2D eigenvalue weighted by atomic mass is 10.3. The van der Waals surface area contributed by atoms with Gasteiger partial charge in [-0.15, -0.1) is 11.3 Å². The number of fused-ring (bicyclic) bond motifs is 1. The predicted octanol–water partition coefficient (Wildman–Crippen LogP) is 1.03. The van der Waals surface area contributed by atoms with Crippen LogP contribution < -0.4 is 21.3 Å². The van der Waals surface area contributed by atoms with Crippen LogP contribution in [0.3, 0.4) is 0 Å². The van der Waals surface area contributed by atoms with Gasteiger partial charge in [-0.25, -0.2) is 4.98 Å². The van der Waals surface area contributed by atoms with Crippen molar-refractivity contribution in [2.24, 2.45) is 5.73 Å². The third kappa shape index (κ3) is 3.09. The summed E-state index contributed by atoms with van der Waals surface area (Å²) in [5.41, 5.74) is 5.61. The van der Waals surface area contributed by atoms with E-state index in [1.807, 2.05) is 0 Å². The van der Waals surface area contributed by atoms with E-state index in [2.05, 4.69) is 28.5 Å². The summed E-state index contributed by atoms with van der Waals surface area (Å²) in [6, 6.07) is 2.19. The van der Waals surface area contributed by atoms with Crippen molar-refractivity contribution in [3.63, 3.8) is 0 Å². The van der Waals surface area contributed by atoms with Gasteiger partial charge in [-0.05, 0) is 12.5 Å². The molecule has 2 aromatic heterocycles. The van der Waals surface area contributed by atoms with Gasteiger partial charge in [0.15, 0.2) is 0 Å². The van der Waals surface area contributed by atoms with Crippen LogP contribution in [0.5, 0.6) is 0 Å². The summed E-state index contributed by atoms with van der Waals surface area (Å²) in [6.45, 7) is 7.36. The average Bonchev–Trinajstić information content (AvgIpc) is 2.96. The van der Waals surface area contributed by atoms with Gasteiger partial charge in [-0.1, -0.05) is 6.92 Å². The number of aromatic nitrogens is 2. The third-order valence-electron chi connectivity index (χ3n) is 3.62. The van der Waals surface area contributed by atoms with Crippen molar-refractivity contribution in [1.82, 2.24) is 15.3 Å². The molecule has 0 aliphatic carbocycles. The molecule has 0 saturated carbocycles. The van der Waals surface area contributed by atoms with Crippen LogP contribution in [0.4, 0.5) is 11.8 Å². The van der Waals surface area contributed by atoms with Crippen molar-refractivity contribution in [2.75, 3.05) is 49.5 Å². The molecule has 0 atom stereocenters. The molecular weight excluding hydrogens is 284 g/mol. The monoisotopic (exact) mass is 306 g/mol. The summed E-state index contributed by atoms with van der Waals surface area (Å²) in [6.07, 6.45) is 1.03. The minimum absolute atomic E-state index is 0.596. The van der Waals surface area contributed by atoms with Crippen LogP contribution in [0.15, 0.2) is 6.07 Å². The molecule has 0 aromatic carbocycles. The molecule has 0 unspecified atom stereocenters. The Hall–Kier alpha value is -1.44. The maximum Gasteiger partial charge on any atom is 0.228 e. The molecule has 1 aliphatic rings. The van der Waals surface area contributed by atoms with Crippen molar-refractivity contribution in [1.29, 1.82) is 0 Å². The summed E-state index contributed by atoms with van der Waals surface area (Å²) in [7, 11) is 0. The van der Waals surface area contributed by atoms with E-state index in [1.165, 1.54) is 4.88 Å². The molecule has 1 saturated heterocycles. The van der Waals surface area contributed by atoms with E-state index in [1.54, 1.807) is 11.3 Å². The van der Waals surface area contributed by atoms with Crippen molar-refractivity contribution in [2.45, 2.75) is 13.3 Å². The zero-order chi connectivity index (χ0) is 14.7. The molecule has 3 heterocycles. The first kappa shape index (κ1) is 14.5. The molecule has 3 rings (SSSR count). The van der Waals surface area contributed by atoms with E-state index in [-0.39, 0.29) is 0 Å². The molecule has 0 amide bonds. The second-order valence-electron chi connectivity index (χ2n) is 5.11. The number of anilines is 2. The van der Waals surface area contributed by atoms with Gasteiger partial charge in [0.05, 0.1) is 5.39 Å². The van der Waals surface area contributed by atoms with Crippen LogP contribution in [-0.2, 0) is 6.42 Å². The minimum atomic E-state index is 0.596. The maximum atomic E-state index is 5.61. The zero-order valence-corrected chi connectivity index (χ0v) is 13.2. The first-order chi connectivity index (χ1) is 10.3. The summed E-state index contributed by atoms with van der Waals surface area (Å²) in [5, 5.41) is 7.81. The van der Waals surface area contributed by atoms with Gasteiger partial charge >= 0.3 is 0 Å². The zero-order valence-electron chi connectivity index (χ0n) is 12.4. The van der Waals surface area contributed by atoms with Gasteiger partial charge in [0.1, 0.15) is 10.6 Å². The highest BCUT2D eigenvalue weighted by molar-refractivity contribution is 7.18.